The van der Waals surface area contributed by atoms with Gasteiger partial charge in [-0.25, -0.2) is 9.97 Å². The van der Waals surface area contributed by atoms with Gasteiger partial charge in [-0.2, -0.15) is 0 Å². The third-order valence-electron chi connectivity index (χ3n) is 3.64. The highest BCUT2D eigenvalue weighted by Crippen LogP contribution is 2.26. The van der Waals surface area contributed by atoms with Gasteiger partial charge in [-0.3, -0.25) is 4.79 Å². The van der Waals surface area contributed by atoms with E-state index < -0.39 is 0 Å². The van der Waals surface area contributed by atoms with Crippen molar-refractivity contribution in [3.63, 3.8) is 0 Å². The number of nitrogens with one attached hydrogen (secondary N) is 2. The molecule has 0 radical (unpaired) electrons. The van der Waals surface area contributed by atoms with Crippen molar-refractivity contribution < 1.29 is 9.53 Å². The number of methoxy groups -OCH3 is 1. The molecule has 1 aromatic heterocycles. The van der Waals surface area contributed by atoms with Crippen LogP contribution in [0.25, 0.3) is 0 Å². The standard InChI is InChI=1S/C19H17ClN4O2/c1-12-7-8-17(26-2)16(9-12)23-18(25)13-10-21-19(22-11-13)24-15-6-4-3-5-14(15)20/h3-11H,1-2H3,(H,23,25)(H,21,22,24). The molecule has 6 nitrogen and oxygen atoms in total. The van der Waals surface area contributed by atoms with Crippen molar-refractivity contribution in [1.82, 2.24) is 9.97 Å². The number of aromatic nitrogens is 2. The quantitative estimate of drug-likeness (QED) is 0.696. The Morgan fingerprint density at radius 3 is 2.50 bits per heavy atom. The Morgan fingerprint density at radius 1 is 1.08 bits per heavy atom. The van der Waals surface area contributed by atoms with Crippen LogP contribution in [0.3, 0.4) is 0 Å². The fraction of sp³-hybridized carbons (Fsp3) is 0.105. The highest BCUT2D eigenvalue weighted by molar-refractivity contribution is 6.33. The Labute approximate surface area is 156 Å². The number of halogens is 1. The number of hydrogen-bond donors (Lipinski definition) is 2. The summed E-state index contributed by atoms with van der Waals surface area (Å²) in [5, 5.41) is 6.38. The molecule has 0 bridgehead atoms. The van der Waals surface area contributed by atoms with Gasteiger partial charge >= 0.3 is 0 Å². The van der Waals surface area contributed by atoms with Gasteiger partial charge in [0.1, 0.15) is 5.75 Å². The van der Waals surface area contributed by atoms with Crippen molar-refractivity contribution in [2.75, 3.05) is 17.7 Å². The average molecular weight is 369 g/mol. The molecule has 132 valence electrons. The largest absolute Gasteiger partial charge is 0.495 e. The third kappa shape index (κ3) is 4.10. The number of aryl methyl sites for hydroxylation is 1. The van der Waals surface area contributed by atoms with Crippen molar-refractivity contribution in [2.45, 2.75) is 6.92 Å². The lowest BCUT2D eigenvalue weighted by Gasteiger charge is -2.11. The van der Waals surface area contributed by atoms with Crippen LogP contribution < -0.4 is 15.4 Å². The van der Waals surface area contributed by atoms with Gasteiger partial charge in [0.2, 0.25) is 5.95 Å². The van der Waals surface area contributed by atoms with E-state index in [1.165, 1.54) is 12.4 Å². The highest BCUT2D eigenvalue weighted by atomic mass is 35.5. The van der Waals surface area contributed by atoms with Crippen molar-refractivity contribution >= 4 is 34.8 Å². The van der Waals surface area contributed by atoms with Crippen LogP contribution in [0.5, 0.6) is 5.75 Å². The zero-order valence-corrected chi connectivity index (χ0v) is 15.0. The first-order valence-corrected chi connectivity index (χ1v) is 8.24. The lowest BCUT2D eigenvalue weighted by Crippen LogP contribution is -2.14. The van der Waals surface area contributed by atoms with Gasteiger partial charge in [0.15, 0.2) is 0 Å². The van der Waals surface area contributed by atoms with E-state index in [4.69, 9.17) is 16.3 Å². The number of ether oxygens (including phenoxy) is 1. The molecule has 0 unspecified atom stereocenters. The molecule has 26 heavy (non-hydrogen) atoms. The number of carbonyl (C=O) groups excluding carboxylic acids is 1. The molecular weight excluding hydrogens is 352 g/mol. The summed E-state index contributed by atoms with van der Waals surface area (Å²) < 4.78 is 5.27. The van der Waals surface area contributed by atoms with E-state index in [1.54, 1.807) is 19.2 Å². The second kappa shape index (κ2) is 7.84. The number of anilines is 3. The van der Waals surface area contributed by atoms with E-state index in [0.29, 0.717) is 33.7 Å². The molecule has 2 N–H and O–H groups in total. The van der Waals surface area contributed by atoms with Crippen LogP contribution >= 0.6 is 11.6 Å². The van der Waals surface area contributed by atoms with Gasteiger partial charge in [-0.05, 0) is 36.8 Å². The molecule has 1 amide bonds. The molecule has 3 rings (SSSR count). The van der Waals surface area contributed by atoms with E-state index in [9.17, 15) is 4.79 Å². The predicted molar refractivity (Wildman–Crippen MR) is 102 cm³/mol. The summed E-state index contributed by atoms with van der Waals surface area (Å²) in [6.45, 7) is 1.94. The molecule has 1 heterocycles. The molecule has 0 saturated carbocycles. The fourth-order valence-electron chi connectivity index (χ4n) is 2.31. The Balaban J connectivity index is 1.73. The number of para-hydroxylation sites is 1. The minimum absolute atomic E-state index is 0.321. The summed E-state index contributed by atoms with van der Waals surface area (Å²) in [6, 6.07) is 12.8. The van der Waals surface area contributed by atoms with Crippen molar-refractivity contribution in [2.24, 2.45) is 0 Å². The number of amides is 1. The smallest absolute Gasteiger partial charge is 0.258 e. The lowest BCUT2D eigenvalue weighted by atomic mass is 10.2. The first-order chi connectivity index (χ1) is 12.6. The molecule has 0 saturated heterocycles. The van der Waals surface area contributed by atoms with Gasteiger partial charge in [-0.15, -0.1) is 0 Å². The van der Waals surface area contributed by atoms with E-state index in [1.807, 2.05) is 37.3 Å². The Kier molecular flexibility index (Phi) is 5.34. The highest BCUT2D eigenvalue weighted by Gasteiger charge is 2.11. The van der Waals surface area contributed by atoms with E-state index in [0.717, 1.165) is 5.56 Å². The maximum Gasteiger partial charge on any atom is 0.258 e. The molecule has 3 aromatic rings. The Hall–Kier alpha value is -3.12. The molecule has 0 aliphatic rings. The predicted octanol–water partition coefficient (Wildman–Crippen LogP) is 4.44. The molecule has 0 spiro atoms. The van der Waals surface area contributed by atoms with E-state index in [2.05, 4.69) is 20.6 Å². The normalized spacial score (nSPS) is 10.3. The monoisotopic (exact) mass is 368 g/mol. The molecule has 2 aromatic carbocycles. The summed E-state index contributed by atoms with van der Waals surface area (Å²) in [5.41, 5.74) is 2.63. The average Bonchev–Trinajstić information content (AvgIpc) is 2.64. The summed E-state index contributed by atoms with van der Waals surface area (Å²) in [7, 11) is 1.55. The first-order valence-electron chi connectivity index (χ1n) is 7.86. The maximum absolute atomic E-state index is 12.4. The zero-order valence-electron chi connectivity index (χ0n) is 14.3. The summed E-state index contributed by atoms with van der Waals surface area (Å²) >= 11 is 6.09. The van der Waals surface area contributed by atoms with Gasteiger partial charge in [0, 0.05) is 12.4 Å². The van der Waals surface area contributed by atoms with Crippen molar-refractivity contribution in [1.29, 1.82) is 0 Å². The number of carbonyl (C=O) groups is 1. The van der Waals surface area contributed by atoms with Crippen molar-refractivity contribution in [3.05, 3.63) is 71.0 Å². The van der Waals surface area contributed by atoms with Gasteiger partial charge in [-0.1, -0.05) is 29.8 Å². The third-order valence-corrected chi connectivity index (χ3v) is 3.97. The first kappa shape index (κ1) is 17.7. The number of hydrogen-bond acceptors (Lipinski definition) is 5. The summed E-state index contributed by atoms with van der Waals surface area (Å²) in [4.78, 5) is 20.8. The Morgan fingerprint density at radius 2 is 1.81 bits per heavy atom. The van der Waals surface area contributed by atoms with E-state index in [-0.39, 0.29) is 5.91 Å². The Bertz CT molecular complexity index is 929. The van der Waals surface area contributed by atoms with Gasteiger partial charge in [0.25, 0.3) is 5.91 Å². The summed E-state index contributed by atoms with van der Waals surface area (Å²) in [6.07, 6.45) is 2.90. The minimum Gasteiger partial charge on any atom is -0.495 e. The van der Waals surface area contributed by atoms with Crippen LogP contribution in [0.1, 0.15) is 15.9 Å². The van der Waals surface area contributed by atoms with E-state index >= 15 is 0 Å². The zero-order chi connectivity index (χ0) is 18.5. The second-order valence-corrected chi connectivity index (χ2v) is 5.97. The molecule has 0 fully saturated rings. The minimum atomic E-state index is -0.321. The van der Waals surface area contributed by atoms with Gasteiger partial charge < -0.3 is 15.4 Å². The molecule has 7 heteroatoms. The van der Waals surface area contributed by atoms with Crippen LogP contribution in [-0.4, -0.2) is 23.0 Å². The number of rotatable bonds is 5. The second-order valence-electron chi connectivity index (χ2n) is 5.56. The fourth-order valence-corrected chi connectivity index (χ4v) is 2.49. The van der Waals surface area contributed by atoms with Crippen LogP contribution in [0.4, 0.5) is 17.3 Å². The van der Waals surface area contributed by atoms with Crippen LogP contribution in [0.15, 0.2) is 54.9 Å². The molecular formula is C19H17ClN4O2. The van der Waals surface area contributed by atoms with Crippen LogP contribution in [0.2, 0.25) is 5.02 Å². The molecule has 0 atom stereocenters. The van der Waals surface area contributed by atoms with Gasteiger partial charge in [0.05, 0.1) is 29.1 Å². The van der Waals surface area contributed by atoms with Crippen LogP contribution in [0, 0.1) is 6.92 Å². The summed E-state index contributed by atoms with van der Waals surface area (Å²) in [5.74, 6) is 0.614. The molecule has 0 aliphatic carbocycles. The molecule has 0 aliphatic heterocycles. The lowest BCUT2D eigenvalue weighted by molar-refractivity contribution is 0.102. The number of nitrogens with zero attached hydrogens (tertiary/aromatic N) is 2. The van der Waals surface area contributed by atoms with Crippen molar-refractivity contribution in [3.8, 4) is 5.75 Å². The topological polar surface area (TPSA) is 76.1 Å². The van der Waals surface area contributed by atoms with Crippen LogP contribution in [-0.2, 0) is 0 Å². The SMILES string of the molecule is COc1ccc(C)cc1NC(=O)c1cnc(Nc2ccccc2Cl)nc1. The maximum atomic E-state index is 12.4. The number of benzene rings is 2.